The molecule has 0 bridgehead atoms. The predicted molar refractivity (Wildman–Crippen MR) is 132 cm³/mol. The van der Waals surface area contributed by atoms with Crippen molar-refractivity contribution >= 4 is 40.0 Å². The van der Waals surface area contributed by atoms with Crippen LogP contribution in [0, 0.1) is 0 Å². The largest absolute Gasteiger partial charge is 0.308 e. The van der Waals surface area contributed by atoms with Gasteiger partial charge in [0.1, 0.15) is 0 Å². The van der Waals surface area contributed by atoms with E-state index in [1.807, 2.05) is 51.8 Å². The smallest absolute Gasteiger partial charge is 0.262 e. The number of benzene rings is 2. The fraction of sp³-hybridized carbons (Fsp3) is 0.360. The number of para-hydroxylation sites is 2. The minimum atomic E-state index is -0.0447. The highest BCUT2D eigenvalue weighted by Gasteiger charge is 2.30. The van der Waals surface area contributed by atoms with Gasteiger partial charge in [-0.15, -0.1) is 10.2 Å². The number of thioether (sulfide) groups is 1. The highest BCUT2D eigenvalue weighted by molar-refractivity contribution is 7.99. The van der Waals surface area contributed by atoms with Crippen LogP contribution in [-0.4, -0.2) is 36.9 Å². The first kappa shape index (κ1) is 21.7. The minimum absolute atomic E-state index is 0.0447. The Kier molecular flexibility index (Phi) is 5.93. The normalized spacial score (nSPS) is 15.5. The molecule has 0 N–H and O–H groups in total. The van der Waals surface area contributed by atoms with Crippen LogP contribution in [0.15, 0.2) is 58.5 Å². The molecule has 7 nitrogen and oxygen atoms in total. The van der Waals surface area contributed by atoms with Gasteiger partial charge in [0.05, 0.1) is 16.7 Å². The maximum atomic E-state index is 13.2. The zero-order chi connectivity index (χ0) is 22.9. The fourth-order valence-electron chi connectivity index (χ4n) is 4.69. The molecule has 4 aromatic rings. The standard InChI is InChI=1S/C25H27N5O2S/c1-3-4-9-14-28-23(32)19-11-6-8-13-21(19)30-24(28)26-27-25(30)33-16-22(31)29-17(2)15-18-10-5-7-12-20(18)29/h5-8,10-13,17H,3-4,9,14-16H2,1-2H3. The van der Waals surface area contributed by atoms with E-state index >= 15 is 0 Å². The maximum Gasteiger partial charge on any atom is 0.262 e. The lowest BCUT2D eigenvalue weighted by Gasteiger charge is -2.22. The third-order valence-corrected chi connectivity index (χ3v) is 7.18. The number of amides is 1. The third kappa shape index (κ3) is 3.82. The van der Waals surface area contributed by atoms with E-state index in [9.17, 15) is 9.59 Å². The zero-order valence-electron chi connectivity index (χ0n) is 18.9. The van der Waals surface area contributed by atoms with Gasteiger partial charge in [0.15, 0.2) is 5.16 Å². The minimum Gasteiger partial charge on any atom is -0.308 e. The van der Waals surface area contributed by atoms with Gasteiger partial charge < -0.3 is 4.90 Å². The number of nitrogens with zero attached hydrogens (tertiary/aromatic N) is 5. The van der Waals surface area contributed by atoms with Gasteiger partial charge in [0, 0.05) is 18.3 Å². The number of rotatable bonds is 7. The number of hydrogen-bond acceptors (Lipinski definition) is 5. The van der Waals surface area contributed by atoms with Crippen LogP contribution in [0.3, 0.4) is 0 Å². The Bertz CT molecular complexity index is 1390. The highest BCUT2D eigenvalue weighted by atomic mass is 32.2. The number of hydrogen-bond donors (Lipinski definition) is 0. The van der Waals surface area contributed by atoms with E-state index in [1.54, 1.807) is 4.57 Å². The van der Waals surface area contributed by atoms with Crippen LogP contribution in [0.5, 0.6) is 0 Å². The zero-order valence-corrected chi connectivity index (χ0v) is 19.7. The van der Waals surface area contributed by atoms with E-state index < -0.39 is 0 Å². The molecule has 0 saturated carbocycles. The first-order valence-electron chi connectivity index (χ1n) is 11.5. The molecule has 2 aromatic heterocycles. The average Bonchev–Trinajstić information content (AvgIpc) is 3.40. The average molecular weight is 462 g/mol. The summed E-state index contributed by atoms with van der Waals surface area (Å²) in [6.45, 7) is 4.82. The number of fused-ring (bicyclic) bond motifs is 4. The molecule has 1 aliphatic heterocycles. The molecule has 1 aliphatic rings. The number of carbonyl (C=O) groups is 1. The maximum absolute atomic E-state index is 13.2. The van der Waals surface area contributed by atoms with Crippen molar-refractivity contribution in [2.45, 2.75) is 57.3 Å². The van der Waals surface area contributed by atoms with Crippen LogP contribution in [0.25, 0.3) is 16.7 Å². The van der Waals surface area contributed by atoms with E-state index in [1.165, 1.54) is 17.3 Å². The van der Waals surface area contributed by atoms with Gasteiger partial charge in [-0.2, -0.15) is 0 Å². The number of aromatic nitrogens is 4. The fourth-order valence-corrected chi connectivity index (χ4v) is 5.49. The van der Waals surface area contributed by atoms with E-state index in [-0.39, 0.29) is 23.3 Å². The number of anilines is 1. The molecule has 2 aromatic carbocycles. The van der Waals surface area contributed by atoms with Crippen molar-refractivity contribution in [1.82, 2.24) is 19.2 Å². The summed E-state index contributed by atoms with van der Waals surface area (Å²) in [6.07, 6.45) is 3.90. The second-order valence-corrected chi connectivity index (χ2v) is 9.48. The highest BCUT2D eigenvalue weighted by Crippen LogP contribution is 2.33. The lowest BCUT2D eigenvalue weighted by atomic mass is 10.1. The van der Waals surface area contributed by atoms with Crippen LogP contribution < -0.4 is 10.5 Å². The van der Waals surface area contributed by atoms with E-state index in [2.05, 4.69) is 30.1 Å². The summed E-state index contributed by atoms with van der Waals surface area (Å²) in [6, 6.07) is 15.8. The second-order valence-electron chi connectivity index (χ2n) is 8.53. The Morgan fingerprint density at radius 2 is 1.88 bits per heavy atom. The summed E-state index contributed by atoms with van der Waals surface area (Å²) >= 11 is 1.37. The molecule has 3 heterocycles. The van der Waals surface area contributed by atoms with E-state index in [0.29, 0.717) is 22.9 Å². The molecule has 0 fully saturated rings. The Balaban J connectivity index is 1.48. The SMILES string of the molecule is CCCCCn1c(=O)c2ccccc2n2c(SCC(=O)N3c4ccccc4CC3C)nnc12. The van der Waals surface area contributed by atoms with Gasteiger partial charge in [-0.25, -0.2) is 0 Å². The van der Waals surface area contributed by atoms with E-state index in [4.69, 9.17) is 0 Å². The summed E-state index contributed by atoms with van der Waals surface area (Å²) in [5.41, 5.74) is 2.93. The van der Waals surface area contributed by atoms with Crippen LogP contribution in [0.2, 0.25) is 0 Å². The molecular weight excluding hydrogens is 434 g/mol. The Morgan fingerprint density at radius 3 is 2.73 bits per heavy atom. The number of aryl methyl sites for hydroxylation is 1. The Morgan fingerprint density at radius 1 is 1.09 bits per heavy atom. The molecule has 5 rings (SSSR count). The van der Waals surface area contributed by atoms with Gasteiger partial charge in [-0.3, -0.25) is 18.6 Å². The van der Waals surface area contributed by atoms with Crippen molar-refractivity contribution in [3.8, 4) is 0 Å². The molecule has 8 heteroatoms. The molecule has 0 aliphatic carbocycles. The van der Waals surface area contributed by atoms with Crippen LogP contribution in [0.4, 0.5) is 5.69 Å². The van der Waals surface area contributed by atoms with Crippen LogP contribution in [0.1, 0.15) is 38.7 Å². The van der Waals surface area contributed by atoms with Crippen LogP contribution in [-0.2, 0) is 17.8 Å². The number of carbonyl (C=O) groups excluding carboxylic acids is 1. The molecule has 1 amide bonds. The Labute approximate surface area is 196 Å². The quantitative estimate of drug-likeness (QED) is 0.303. The van der Waals surface area contributed by atoms with Gasteiger partial charge in [0.2, 0.25) is 11.7 Å². The monoisotopic (exact) mass is 461 g/mol. The third-order valence-electron chi connectivity index (χ3n) is 6.26. The van der Waals surface area contributed by atoms with Gasteiger partial charge in [-0.1, -0.05) is 61.9 Å². The van der Waals surface area contributed by atoms with Crippen molar-refractivity contribution in [2.24, 2.45) is 0 Å². The van der Waals surface area contributed by atoms with Crippen molar-refractivity contribution in [2.75, 3.05) is 10.7 Å². The van der Waals surface area contributed by atoms with Crippen molar-refractivity contribution in [1.29, 1.82) is 0 Å². The van der Waals surface area contributed by atoms with Crippen molar-refractivity contribution in [3.05, 3.63) is 64.4 Å². The lowest BCUT2D eigenvalue weighted by Crippen LogP contribution is -2.37. The second kappa shape index (κ2) is 9.02. The van der Waals surface area contributed by atoms with Crippen molar-refractivity contribution < 1.29 is 4.79 Å². The summed E-state index contributed by atoms with van der Waals surface area (Å²) in [7, 11) is 0. The van der Waals surface area contributed by atoms with Crippen molar-refractivity contribution in [3.63, 3.8) is 0 Å². The molecular formula is C25H27N5O2S. The topological polar surface area (TPSA) is 72.5 Å². The molecule has 0 saturated heterocycles. The molecule has 1 atom stereocenters. The summed E-state index contributed by atoms with van der Waals surface area (Å²) in [5.74, 6) is 0.836. The predicted octanol–water partition coefficient (Wildman–Crippen LogP) is 4.30. The molecule has 0 radical (unpaired) electrons. The first-order chi connectivity index (χ1) is 16.1. The molecule has 170 valence electrons. The number of unbranched alkanes of at least 4 members (excludes halogenated alkanes) is 2. The lowest BCUT2D eigenvalue weighted by molar-refractivity contribution is -0.116. The first-order valence-corrected chi connectivity index (χ1v) is 12.5. The van der Waals surface area contributed by atoms with Gasteiger partial charge in [-0.05, 0) is 43.5 Å². The summed E-state index contributed by atoms with van der Waals surface area (Å²) in [4.78, 5) is 28.2. The van der Waals surface area contributed by atoms with Gasteiger partial charge >= 0.3 is 0 Å². The van der Waals surface area contributed by atoms with Crippen LogP contribution >= 0.6 is 11.8 Å². The summed E-state index contributed by atoms with van der Waals surface area (Å²) < 4.78 is 3.64. The molecule has 33 heavy (non-hydrogen) atoms. The Hall–Kier alpha value is -3.13. The summed E-state index contributed by atoms with van der Waals surface area (Å²) in [5, 5.41) is 10.0. The van der Waals surface area contributed by atoms with E-state index in [0.717, 1.165) is 36.9 Å². The molecule has 1 unspecified atom stereocenters. The van der Waals surface area contributed by atoms with Gasteiger partial charge in [0.25, 0.3) is 5.56 Å². The molecule has 0 spiro atoms.